The van der Waals surface area contributed by atoms with Crippen LogP contribution >= 0.6 is 0 Å². The van der Waals surface area contributed by atoms with Crippen LogP contribution in [0.25, 0.3) is 10.8 Å². The van der Waals surface area contributed by atoms with Crippen LogP contribution in [0, 0.1) is 12.9 Å². The Balaban J connectivity index is 2.97. The Morgan fingerprint density at radius 2 is 2.17 bits per heavy atom. The van der Waals surface area contributed by atoms with Gasteiger partial charge < -0.3 is 0 Å². The second kappa shape index (κ2) is 2.55. The highest BCUT2D eigenvalue weighted by atomic mass is 19.1. The van der Waals surface area contributed by atoms with Crippen LogP contribution in [0.5, 0.6) is 0 Å². The molecule has 0 saturated heterocycles. The summed E-state index contributed by atoms with van der Waals surface area (Å²) in [6.45, 7) is 1.67. The molecule has 0 aliphatic heterocycles. The second-order valence-corrected chi connectivity index (χ2v) is 2.69. The van der Waals surface area contributed by atoms with Gasteiger partial charge in [0.1, 0.15) is 0 Å². The third-order valence-electron chi connectivity index (χ3n) is 1.92. The third kappa shape index (κ3) is 0.961. The summed E-state index contributed by atoms with van der Waals surface area (Å²) in [5.74, 6) is -0.552. The molecule has 1 aromatic heterocycles. The lowest BCUT2D eigenvalue weighted by atomic mass is 10.1. The van der Waals surface area contributed by atoms with Crippen LogP contribution in [0.3, 0.4) is 0 Å². The summed E-state index contributed by atoms with van der Waals surface area (Å²) in [7, 11) is 0. The molecule has 0 unspecified atom stereocenters. The molecule has 0 bridgehead atoms. The Morgan fingerprint density at radius 1 is 1.42 bits per heavy atom. The quantitative estimate of drug-likeness (QED) is 0.543. The van der Waals surface area contributed by atoms with Gasteiger partial charge in [0.15, 0.2) is 0 Å². The number of nitrogens with zero attached hydrogens (tertiary/aromatic N) is 1. The molecule has 1 nitrogen and oxygen atoms in total. The van der Waals surface area contributed by atoms with Crippen LogP contribution < -0.4 is 0 Å². The van der Waals surface area contributed by atoms with E-state index in [1.807, 2.05) is 12.1 Å². The normalized spacial score (nSPS) is 11.7. The first kappa shape index (κ1) is 6.12. The minimum atomic E-state index is -0.552. The van der Waals surface area contributed by atoms with Gasteiger partial charge in [-0.3, -0.25) is 0 Å². The van der Waals surface area contributed by atoms with Gasteiger partial charge in [-0.1, -0.05) is 24.3 Å². The predicted molar refractivity (Wildman–Crippen MR) is 46.4 cm³/mol. The Hall–Kier alpha value is -1.44. The van der Waals surface area contributed by atoms with Crippen molar-refractivity contribution in [3.63, 3.8) is 0 Å². The van der Waals surface area contributed by atoms with Crippen LogP contribution in [0.2, 0.25) is 0 Å². The van der Waals surface area contributed by atoms with E-state index in [1.54, 1.807) is 19.1 Å². The number of fused-ring (bicyclic) bond motifs is 1. The summed E-state index contributed by atoms with van der Waals surface area (Å²) in [5.41, 5.74) is 0.506. The van der Waals surface area contributed by atoms with E-state index in [4.69, 9.17) is 1.37 Å². The number of aryl methyl sites for hydroxylation is 1. The zero-order valence-electron chi connectivity index (χ0n) is 7.63. The Labute approximate surface area is 71.3 Å². The van der Waals surface area contributed by atoms with Crippen molar-refractivity contribution >= 4 is 10.8 Å². The summed E-state index contributed by atoms with van der Waals surface area (Å²) < 4.78 is 20.5. The molecule has 0 atom stereocenters. The molecule has 0 saturated carbocycles. The van der Waals surface area contributed by atoms with Crippen LogP contribution in [0.4, 0.5) is 4.39 Å². The smallest absolute Gasteiger partial charge is 0.216 e. The van der Waals surface area contributed by atoms with Gasteiger partial charge in [-0.05, 0) is 12.3 Å². The van der Waals surface area contributed by atoms with Crippen LogP contribution in [0.15, 0.2) is 30.4 Å². The molecule has 0 fully saturated rings. The maximum Gasteiger partial charge on any atom is 0.216 e. The highest BCUT2D eigenvalue weighted by molar-refractivity contribution is 5.84. The summed E-state index contributed by atoms with van der Waals surface area (Å²) in [6, 6.07) is 7.22. The van der Waals surface area contributed by atoms with Gasteiger partial charge in [0.05, 0.1) is 1.37 Å². The van der Waals surface area contributed by atoms with Crippen molar-refractivity contribution in [3.05, 3.63) is 41.9 Å². The van der Waals surface area contributed by atoms with Gasteiger partial charge in [-0.15, -0.1) is 0 Å². The molecular weight excluding hydrogens is 153 g/mol. The lowest BCUT2D eigenvalue weighted by Crippen LogP contribution is -1.88. The SMILES string of the molecule is [2H]c1nc(F)c(C)c2ccccc12. The van der Waals surface area contributed by atoms with E-state index in [9.17, 15) is 4.39 Å². The number of hydrogen-bond acceptors (Lipinski definition) is 1. The highest BCUT2D eigenvalue weighted by Crippen LogP contribution is 2.17. The van der Waals surface area contributed by atoms with Crippen molar-refractivity contribution in [2.75, 3.05) is 0 Å². The second-order valence-electron chi connectivity index (χ2n) is 2.69. The van der Waals surface area contributed by atoms with Crippen molar-refractivity contribution in [3.8, 4) is 0 Å². The van der Waals surface area contributed by atoms with E-state index in [2.05, 4.69) is 4.98 Å². The summed E-state index contributed by atoms with van der Waals surface area (Å²) in [6.07, 6.45) is -0.00120. The van der Waals surface area contributed by atoms with Crippen LogP contribution in [-0.4, -0.2) is 4.98 Å². The molecule has 1 aromatic carbocycles. The topological polar surface area (TPSA) is 12.9 Å². The molecule has 60 valence electrons. The van der Waals surface area contributed by atoms with E-state index >= 15 is 0 Å². The third-order valence-corrected chi connectivity index (χ3v) is 1.92. The van der Waals surface area contributed by atoms with E-state index in [1.165, 1.54) is 0 Å². The summed E-state index contributed by atoms with van der Waals surface area (Å²) in [4.78, 5) is 3.50. The molecular formula is C10H8FN. The molecule has 0 amide bonds. The van der Waals surface area contributed by atoms with Crippen molar-refractivity contribution in [2.24, 2.45) is 0 Å². The molecule has 2 aromatic rings. The monoisotopic (exact) mass is 162 g/mol. The zero-order valence-corrected chi connectivity index (χ0v) is 6.63. The highest BCUT2D eigenvalue weighted by Gasteiger charge is 2.01. The first-order chi connectivity index (χ1) is 6.20. The fourth-order valence-corrected chi connectivity index (χ4v) is 1.21. The average molecular weight is 162 g/mol. The van der Waals surface area contributed by atoms with E-state index < -0.39 is 5.95 Å². The first-order valence-corrected chi connectivity index (χ1v) is 3.71. The van der Waals surface area contributed by atoms with Gasteiger partial charge in [-0.25, -0.2) is 4.98 Å². The molecule has 0 spiro atoms. The van der Waals surface area contributed by atoms with E-state index in [0.717, 1.165) is 5.39 Å². The maximum atomic E-state index is 13.1. The van der Waals surface area contributed by atoms with Gasteiger partial charge >= 0.3 is 0 Å². The molecule has 1 heterocycles. The zero-order chi connectivity index (χ0) is 9.42. The van der Waals surface area contributed by atoms with E-state index in [0.29, 0.717) is 10.9 Å². The Morgan fingerprint density at radius 3 is 3.00 bits per heavy atom. The van der Waals surface area contributed by atoms with Gasteiger partial charge in [0.25, 0.3) is 0 Å². The largest absolute Gasteiger partial charge is 0.227 e. The standard InChI is InChI=1S/C10H8FN/c1-7-9-5-3-2-4-8(9)6-12-10(7)11/h2-6H,1H3/i6D. The van der Waals surface area contributed by atoms with Gasteiger partial charge in [-0.2, -0.15) is 4.39 Å². The van der Waals surface area contributed by atoms with Gasteiger partial charge in [0.2, 0.25) is 5.95 Å². The van der Waals surface area contributed by atoms with Crippen molar-refractivity contribution in [1.29, 1.82) is 0 Å². The maximum absolute atomic E-state index is 13.1. The Kier molecular flexibility index (Phi) is 1.30. The predicted octanol–water partition coefficient (Wildman–Crippen LogP) is 2.68. The number of rotatable bonds is 0. The number of aromatic nitrogens is 1. The lowest BCUT2D eigenvalue weighted by Gasteiger charge is -2.00. The molecule has 2 heteroatoms. The fourth-order valence-electron chi connectivity index (χ4n) is 1.21. The van der Waals surface area contributed by atoms with Gasteiger partial charge in [0, 0.05) is 17.1 Å². The summed E-state index contributed by atoms with van der Waals surface area (Å²) >= 11 is 0. The number of pyridine rings is 1. The van der Waals surface area contributed by atoms with Crippen LogP contribution in [-0.2, 0) is 0 Å². The fraction of sp³-hybridized carbons (Fsp3) is 0.100. The molecule has 0 aliphatic carbocycles. The first-order valence-electron chi connectivity index (χ1n) is 4.21. The summed E-state index contributed by atoms with van der Waals surface area (Å²) in [5, 5.41) is 1.46. The molecule has 0 N–H and O–H groups in total. The number of benzene rings is 1. The number of halogens is 1. The lowest BCUT2D eigenvalue weighted by molar-refractivity contribution is 0.577. The molecule has 0 aliphatic rings. The minimum absolute atomic E-state index is 0.00120. The molecule has 2 rings (SSSR count). The van der Waals surface area contributed by atoms with E-state index in [-0.39, 0.29) is 6.17 Å². The molecule has 12 heavy (non-hydrogen) atoms. The van der Waals surface area contributed by atoms with Crippen molar-refractivity contribution in [2.45, 2.75) is 6.92 Å². The number of hydrogen-bond donors (Lipinski definition) is 0. The minimum Gasteiger partial charge on any atom is -0.227 e. The van der Waals surface area contributed by atoms with Crippen molar-refractivity contribution in [1.82, 2.24) is 4.98 Å². The molecule has 0 radical (unpaired) electrons. The Bertz CT molecular complexity index is 468. The van der Waals surface area contributed by atoms with Crippen molar-refractivity contribution < 1.29 is 5.76 Å². The van der Waals surface area contributed by atoms with Crippen LogP contribution in [0.1, 0.15) is 6.93 Å². The average Bonchev–Trinajstić information content (AvgIpc) is 2.15.